The number of rotatable bonds is 7. The van der Waals surface area contributed by atoms with E-state index in [1.54, 1.807) is 7.11 Å². The molecule has 3 heterocycles. The molecule has 174 valence electrons. The predicted octanol–water partition coefficient (Wildman–Crippen LogP) is 2.06. The summed E-state index contributed by atoms with van der Waals surface area (Å²) in [5.74, 6) is 2.08. The van der Waals surface area contributed by atoms with Gasteiger partial charge in [-0.15, -0.1) is 0 Å². The molecule has 1 aromatic carbocycles. The van der Waals surface area contributed by atoms with E-state index in [2.05, 4.69) is 48.9 Å². The second kappa shape index (κ2) is 9.97. The van der Waals surface area contributed by atoms with Gasteiger partial charge < -0.3 is 25.6 Å². The summed E-state index contributed by atoms with van der Waals surface area (Å²) >= 11 is 0. The average Bonchev–Trinajstić information content (AvgIpc) is 2.77. The van der Waals surface area contributed by atoms with Crippen molar-refractivity contribution in [3.05, 3.63) is 30.1 Å². The van der Waals surface area contributed by atoms with E-state index in [0.29, 0.717) is 23.7 Å². The Bertz CT molecular complexity index is 891. The van der Waals surface area contributed by atoms with Gasteiger partial charge in [-0.25, -0.2) is 0 Å². The van der Waals surface area contributed by atoms with Gasteiger partial charge in [0.25, 0.3) is 0 Å². The SMILES string of the molecule is COc1ccccc1Nc1nc(N)nc(CN2CCC(C)(CN3CCN(C)CC3)CC2)n1. The molecule has 4 rings (SSSR count). The maximum atomic E-state index is 5.98. The Labute approximate surface area is 191 Å². The van der Waals surface area contributed by atoms with E-state index in [4.69, 9.17) is 10.5 Å². The average molecular weight is 441 g/mol. The number of likely N-dealkylation sites (N-methyl/N-ethyl adjacent to an activating group) is 1. The highest BCUT2D eigenvalue weighted by molar-refractivity contribution is 5.62. The highest BCUT2D eigenvalue weighted by Gasteiger charge is 2.32. The number of ether oxygens (including phenoxy) is 1. The van der Waals surface area contributed by atoms with Crippen LogP contribution < -0.4 is 15.8 Å². The molecule has 9 heteroatoms. The molecular formula is C23H36N8O. The number of hydrogen-bond acceptors (Lipinski definition) is 9. The normalized spacial score (nSPS) is 20.2. The summed E-state index contributed by atoms with van der Waals surface area (Å²) in [6.07, 6.45) is 2.37. The summed E-state index contributed by atoms with van der Waals surface area (Å²) in [5, 5.41) is 3.21. The molecule has 0 spiro atoms. The van der Waals surface area contributed by atoms with Crippen LogP contribution in [-0.4, -0.2) is 89.6 Å². The Kier molecular flexibility index (Phi) is 7.07. The molecule has 0 radical (unpaired) electrons. The summed E-state index contributed by atoms with van der Waals surface area (Å²) in [6.45, 7) is 11.1. The first-order chi connectivity index (χ1) is 15.4. The van der Waals surface area contributed by atoms with Gasteiger partial charge in [0.1, 0.15) is 11.6 Å². The molecule has 3 N–H and O–H groups in total. The van der Waals surface area contributed by atoms with Crippen molar-refractivity contribution in [1.82, 2.24) is 29.7 Å². The molecule has 2 saturated heterocycles. The van der Waals surface area contributed by atoms with Crippen molar-refractivity contribution >= 4 is 17.6 Å². The Morgan fingerprint density at radius 2 is 1.72 bits per heavy atom. The monoisotopic (exact) mass is 440 g/mol. The van der Waals surface area contributed by atoms with Crippen LogP contribution in [0.15, 0.2) is 24.3 Å². The zero-order valence-electron chi connectivity index (χ0n) is 19.5. The van der Waals surface area contributed by atoms with Crippen LogP contribution in [0, 0.1) is 5.41 Å². The zero-order valence-corrected chi connectivity index (χ0v) is 19.5. The van der Waals surface area contributed by atoms with Crippen molar-refractivity contribution < 1.29 is 4.74 Å². The highest BCUT2D eigenvalue weighted by Crippen LogP contribution is 2.33. The van der Waals surface area contributed by atoms with Crippen LogP contribution in [0.4, 0.5) is 17.6 Å². The topological polar surface area (TPSA) is 95.7 Å². The molecule has 9 nitrogen and oxygen atoms in total. The van der Waals surface area contributed by atoms with Gasteiger partial charge in [0.2, 0.25) is 11.9 Å². The number of nitrogens with one attached hydrogen (secondary N) is 1. The number of anilines is 3. The Balaban J connectivity index is 1.34. The van der Waals surface area contributed by atoms with Gasteiger partial charge in [0, 0.05) is 32.7 Å². The fourth-order valence-corrected chi connectivity index (χ4v) is 4.59. The lowest BCUT2D eigenvalue weighted by molar-refractivity contribution is 0.0511. The molecule has 0 bridgehead atoms. The number of nitrogens with two attached hydrogens (primary N) is 1. The lowest BCUT2D eigenvalue weighted by atomic mass is 9.79. The van der Waals surface area contributed by atoms with E-state index in [1.165, 1.54) is 45.6 Å². The first-order valence-corrected chi connectivity index (χ1v) is 11.5. The van der Waals surface area contributed by atoms with Crippen molar-refractivity contribution in [3.63, 3.8) is 0 Å². The van der Waals surface area contributed by atoms with Gasteiger partial charge in [-0.2, -0.15) is 15.0 Å². The van der Waals surface area contributed by atoms with Gasteiger partial charge in [0.05, 0.1) is 19.3 Å². The summed E-state index contributed by atoms with van der Waals surface area (Å²) in [6, 6.07) is 7.67. The number of hydrogen-bond donors (Lipinski definition) is 2. The Morgan fingerprint density at radius 3 is 2.44 bits per heavy atom. The maximum absolute atomic E-state index is 5.98. The number of nitrogen functional groups attached to an aromatic ring is 1. The lowest BCUT2D eigenvalue weighted by Gasteiger charge is -2.43. The van der Waals surface area contributed by atoms with Gasteiger partial charge in [-0.05, 0) is 50.5 Å². The van der Waals surface area contributed by atoms with Crippen LogP contribution in [0.25, 0.3) is 0 Å². The number of methoxy groups -OCH3 is 1. The van der Waals surface area contributed by atoms with Crippen molar-refractivity contribution in [2.45, 2.75) is 26.3 Å². The number of piperazine rings is 1. The van der Waals surface area contributed by atoms with Gasteiger partial charge in [-0.1, -0.05) is 19.1 Å². The molecule has 32 heavy (non-hydrogen) atoms. The van der Waals surface area contributed by atoms with Crippen molar-refractivity contribution in [3.8, 4) is 5.75 Å². The third kappa shape index (κ3) is 5.85. The second-order valence-corrected chi connectivity index (χ2v) is 9.42. The molecule has 0 aliphatic carbocycles. The molecule has 0 saturated carbocycles. The number of piperidine rings is 1. The third-order valence-electron chi connectivity index (χ3n) is 6.68. The number of para-hydroxylation sites is 2. The third-order valence-corrected chi connectivity index (χ3v) is 6.68. The molecule has 2 aliphatic heterocycles. The predicted molar refractivity (Wildman–Crippen MR) is 127 cm³/mol. The largest absolute Gasteiger partial charge is 0.495 e. The first kappa shape index (κ1) is 22.7. The van der Waals surface area contributed by atoms with Crippen molar-refractivity contribution in [2.24, 2.45) is 5.41 Å². The summed E-state index contributed by atoms with van der Waals surface area (Å²) < 4.78 is 5.40. The van der Waals surface area contributed by atoms with Crippen LogP contribution >= 0.6 is 0 Å². The minimum atomic E-state index is 0.226. The van der Waals surface area contributed by atoms with E-state index in [9.17, 15) is 0 Å². The lowest BCUT2D eigenvalue weighted by Crippen LogP contribution is -2.50. The smallest absolute Gasteiger partial charge is 0.232 e. The Morgan fingerprint density at radius 1 is 1.00 bits per heavy atom. The fraction of sp³-hybridized carbons (Fsp3) is 0.609. The van der Waals surface area contributed by atoms with Gasteiger partial charge in [-0.3, -0.25) is 4.90 Å². The van der Waals surface area contributed by atoms with E-state index >= 15 is 0 Å². The van der Waals surface area contributed by atoms with Crippen molar-refractivity contribution in [2.75, 3.05) is 71.0 Å². The fourth-order valence-electron chi connectivity index (χ4n) is 4.59. The second-order valence-electron chi connectivity index (χ2n) is 9.42. The standard InChI is InChI=1S/C23H36N8O/c1-23(17-31-14-12-29(2)13-15-31)8-10-30(11-9-23)16-20-26-21(24)28-22(27-20)25-18-6-4-5-7-19(18)32-3/h4-7H,8-17H2,1-3H3,(H3,24,25,26,27,28). The van der Waals surface area contributed by atoms with Crippen LogP contribution in [-0.2, 0) is 6.54 Å². The number of likely N-dealkylation sites (tertiary alicyclic amines) is 1. The summed E-state index contributed by atoms with van der Waals surface area (Å²) in [7, 11) is 3.85. The number of aromatic nitrogens is 3. The summed E-state index contributed by atoms with van der Waals surface area (Å²) in [4.78, 5) is 20.7. The van der Waals surface area contributed by atoms with Crippen LogP contribution in [0.3, 0.4) is 0 Å². The van der Waals surface area contributed by atoms with Gasteiger partial charge >= 0.3 is 0 Å². The minimum absolute atomic E-state index is 0.226. The quantitative estimate of drug-likeness (QED) is 0.671. The van der Waals surface area contributed by atoms with Gasteiger partial charge in [0.15, 0.2) is 0 Å². The molecular weight excluding hydrogens is 404 g/mol. The van der Waals surface area contributed by atoms with Crippen molar-refractivity contribution in [1.29, 1.82) is 0 Å². The minimum Gasteiger partial charge on any atom is -0.495 e. The molecule has 1 aromatic heterocycles. The molecule has 2 aromatic rings. The van der Waals surface area contributed by atoms with E-state index in [1.807, 2.05) is 24.3 Å². The molecule has 2 fully saturated rings. The number of benzene rings is 1. The maximum Gasteiger partial charge on any atom is 0.232 e. The molecule has 0 amide bonds. The summed E-state index contributed by atoms with van der Waals surface area (Å²) in [5.41, 5.74) is 7.16. The Hall–Kier alpha value is -2.49. The van der Waals surface area contributed by atoms with Crippen LogP contribution in [0.5, 0.6) is 5.75 Å². The molecule has 0 unspecified atom stereocenters. The van der Waals surface area contributed by atoms with Crippen LogP contribution in [0.1, 0.15) is 25.6 Å². The molecule has 0 atom stereocenters. The van der Waals surface area contributed by atoms with Crippen LogP contribution in [0.2, 0.25) is 0 Å². The highest BCUT2D eigenvalue weighted by atomic mass is 16.5. The van der Waals surface area contributed by atoms with E-state index < -0.39 is 0 Å². The molecule has 2 aliphatic rings. The van der Waals surface area contributed by atoms with E-state index in [-0.39, 0.29) is 5.95 Å². The number of nitrogens with zero attached hydrogens (tertiary/aromatic N) is 6. The van der Waals surface area contributed by atoms with E-state index in [0.717, 1.165) is 24.5 Å². The first-order valence-electron chi connectivity index (χ1n) is 11.5. The zero-order chi connectivity index (χ0) is 22.6.